The summed E-state index contributed by atoms with van der Waals surface area (Å²) in [5.74, 6) is -0.797. The number of hydrogen-bond acceptors (Lipinski definition) is 2. The zero-order valence-corrected chi connectivity index (χ0v) is 13.0. The zero-order valence-electron chi connectivity index (χ0n) is 13.0. The molecular formula is C17H20F3NO2. The van der Waals surface area contributed by atoms with Crippen molar-refractivity contribution in [1.82, 2.24) is 4.90 Å². The molecule has 1 heterocycles. The number of benzene rings is 1. The lowest BCUT2D eigenvalue weighted by molar-refractivity contribution is -0.188. The van der Waals surface area contributed by atoms with Gasteiger partial charge in [0.15, 0.2) is 0 Å². The van der Waals surface area contributed by atoms with Crippen LogP contribution in [0.4, 0.5) is 13.2 Å². The molecule has 1 amide bonds. The van der Waals surface area contributed by atoms with Gasteiger partial charge in [-0.25, -0.2) is 0 Å². The van der Waals surface area contributed by atoms with E-state index < -0.39 is 12.1 Å². The smallest absolute Gasteiger partial charge is 0.393 e. The summed E-state index contributed by atoms with van der Waals surface area (Å²) < 4.78 is 43.7. The van der Waals surface area contributed by atoms with Crippen molar-refractivity contribution in [3.63, 3.8) is 0 Å². The molecule has 3 nitrogen and oxygen atoms in total. The van der Waals surface area contributed by atoms with Crippen molar-refractivity contribution in [2.45, 2.75) is 31.4 Å². The summed E-state index contributed by atoms with van der Waals surface area (Å²) in [4.78, 5) is 13.9. The van der Waals surface area contributed by atoms with E-state index in [-0.39, 0.29) is 30.7 Å². The Morgan fingerprint density at radius 1 is 1.26 bits per heavy atom. The molecule has 1 aromatic rings. The number of alkyl halides is 3. The minimum Gasteiger partial charge on any atom is -0.497 e. The van der Waals surface area contributed by atoms with E-state index in [0.717, 1.165) is 17.7 Å². The van der Waals surface area contributed by atoms with Gasteiger partial charge < -0.3 is 9.64 Å². The van der Waals surface area contributed by atoms with E-state index >= 15 is 0 Å². The van der Waals surface area contributed by atoms with Crippen LogP contribution in [0.5, 0.6) is 5.75 Å². The SMILES string of the molecule is COc1ccc([C@@H]2C[C@H]2C(=O)N2CCC[C@H](C(F)(F)F)C2)cc1. The number of carbonyl (C=O) groups excluding carboxylic acids is 1. The van der Waals surface area contributed by atoms with Gasteiger partial charge in [-0.1, -0.05) is 12.1 Å². The van der Waals surface area contributed by atoms with Crippen molar-refractivity contribution in [2.75, 3.05) is 20.2 Å². The van der Waals surface area contributed by atoms with Crippen LogP contribution in [0.3, 0.4) is 0 Å². The first-order valence-electron chi connectivity index (χ1n) is 7.89. The number of ether oxygens (including phenoxy) is 1. The molecule has 1 saturated carbocycles. The molecule has 2 fully saturated rings. The summed E-state index contributed by atoms with van der Waals surface area (Å²) in [6.07, 6.45) is -2.94. The summed E-state index contributed by atoms with van der Waals surface area (Å²) in [7, 11) is 1.59. The Bertz CT molecular complexity index is 570. The molecule has 1 aromatic carbocycles. The third-order valence-corrected chi connectivity index (χ3v) is 4.85. The number of rotatable bonds is 3. The quantitative estimate of drug-likeness (QED) is 0.849. The number of hydrogen-bond donors (Lipinski definition) is 0. The monoisotopic (exact) mass is 327 g/mol. The van der Waals surface area contributed by atoms with Crippen molar-refractivity contribution in [1.29, 1.82) is 0 Å². The second-order valence-corrected chi connectivity index (χ2v) is 6.39. The molecular weight excluding hydrogens is 307 g/mol. The molecule has 126 valence electrons. The number of amides is 1. The lowest BCUT2D eigenvalue weighted by Gasteiger charge is -2.34. The molecule has 0 spiro atoms. The van der Waals surface area contributed by atoms with E-state index in [1.165, 1.54) is 4.90 Å². The standard InChI is InChI=1S/C17H20F3NO2/c1-23-13-6-4-11(5-7-13)14-9-15(14)16(22)21-8-2-3-12(10-21)17(18,19)20/h4-7,12,14-15H,2-3,8-10H2,1H3/t12-,14-,15+/m0/s1. The molecule has 0 unspecified atom stereocenters. The van der Waals surface area contributed by atoms with Crippen molar-refractivity contribution < 1.29 is 22.7 Å². The lowest BCUT2D eigenvalue weighted by atomic mass is 9.97. The van der Waals surface area contributed by atoms with Crippen LogP contribution < -0.4 is 4.74 Å². The first kappa shape index (κ1) is 16.1. The Balaban J connectivity index is 1.61. The summed E-state index contributed by atoms with van der Waals surface area (Å²) in [5.41, 5.74) is 1.05. The summed E-state index contributed by atoms with van der Waals surface area (Å²) in [5, 5.41) is 0. The number of likely N-dealkylation sites (tertiary alicyclic amines) is 1. The Morgan fingerprint density at radius 2 is 1.96 bits per heavy atom. The first-order valence-corrected chi connectivity index (χ1v) is 7.89. The third kappa shape index (κ3) is 3.46. The Hall–Kier alpha value is -1.72. The van der Waals surface area contributed by atoms with Crippen molar-refractivity contribution >= 4 is 5.91 Å². The average molecular weight is 327 g/mol. The van der Waals surface area contributed by atoms with Gasteiger partial charge in [-0.15, -0.1) is 0 Å². The van der Waals surface area contributed by atoms with E-state index in [1.54, 1.807) is 7.11 Å². The van der Waals surface area contributed by atoms with Crippen LogP contribution in [0.15, 0.2) is 24.3 Å². The van der Waals surface area contributed by atoms with E-state index in [4.69, 9.17) is 4.74 Å². The highest BCUT2D eigenvalue weighted by Gasteiger charge is 2.48. The minimum absolute atomic E-state index is 0.125. The molecule has 0 bridgehead atoms. The van der Waals surface area contributed by atoms with Gasteiger partial charge in [0.25, 0.3) is 0 Å². The summed E-state index contributed by atoms with van der Waals surface area (Å²) in [6, 6.07) is 7.53. The molecule has 1 saturated heterocycles. The van der Waals surface area contributed by atoms with Gasteiger partial charge in [0.1, 0.15) is 5.75 Å². The van der Waals surface area contributed by atoms with Crippen molar-refractivity contribution in [2.24, 2.45) is 11.8 Å². The van der Waals surface area contributed by atoms with Gasteiger partial charge in [-0.3, -0.25) is 4.79 Å². The Labute approximate surface area is 133 Å². The number of methoxy groups -OCH3 is 1. The number of halogens is 3. The molecule has 3 atom stereocenters. The molecule has 1 aliphatic heterocycles. The van der Waals surface area contributed by atoms with Crippen molar-refractivity contribution in [3.8, 4) is 5.75 Å². The fourth-order valence-corrected chi connectivity index (χ4v) is 3.37. The summed E-state index contributed by atoms with van der Waals surface area (Å²) >= 11 is 0. The zero-order chi connectivity index (χ0) is 16.6. The largest absolute Gasteiger partial charge is 0.497 e. The summed E-state index contributed by atoms with van der Waals surface area (Å²) in [6.45, 7) is 0.255. The van der Waals surface area contributed by atoms with Crippen LogP contribution in [0, 0.1) is 11.8 Å². The molecule has 23 heavy (non-hydrogen) atoms. The highest BCUT2D eigenvalue weighted by molar-refractivity contribution is 5.83. The normalized spacial score (nSPS) is 27.7. The maximum absolute atomic E-state index is 12.9. The third-order valence-electron chi connectivity index (χ3n) is 4.85. The average Bonchev–Trinajstić information content (AvgIpc) is 3.34. The van der Waals surface area contributed by atoms with Gasteiger partial charge >= 0.3 is 6.18 Å². The second kappa shape index (κ2) is 6.06. The van der Waals surface area contributed by atoms with Crippen LogP contribution in [-0.4, -0.2) is 37.2 Å². The molecule has 6 heteroatoms. The number of nitrogens with zero attached hydrogens (tertiary/aromatic N) is 1. The van der Waals surface area contributed by atoms with Crippen LogP contribution in [0.2, 0.25) is 0 Å². The number of piperidine rings is 1. The highest BCUT2D eigenvalue weighted by atomic mass is 19.4. The van der Waals surface area contributed by atoms with E-state index in [2.05, 4.69) is 0 Å². The predicted octanol–water partition coefficient (Wildman–Crippen LogP) is 3.60. The molecule has 0 N–H and O–H groups in total. The van der Waals surface area contributed by atoms with Gasteiger partial charge in [0.05, 0.1) is 13.0 Å². The van der Waals surface area contributed by atoms with Crippen molar-refractivity contribution in [3.05, 3.63) is 29.8 Å². The van der Waals surface area contributed by atoms with Gasteiger partial charge in [0.2, 0.25) is 5.91 Å². The van der Waals surface area contributed by atoms with Crippen LogP contribution in [0.1, 0.15) is 30.7 Å². The minimum atomic E-state index is -4.21. The molecule has 0 aromatic heterocycles. The second-order valence-electron chi connectivity index (χ2n) is 6.39. The molecule has 0 radical (unpaired) electrons. The van der Waals surface area contributed by atoms with E-state index in [9.17, 15) is 18.0 Å². The number of carbonyl (C=O) groups is 1. The van der Waals surface area contributed by atoms with Crippen LogP contribution in [-0.2, 0) is 4.79 Å². The van der Waals surface area contributed by atoms with Crippen LogP contribution in [0.25, 0.3) is 0 Å². The fourth-order valence-electron chi connectivity index (χ4n) is 3.37. The van der Waals surface area contributed by atoms with E-state index in [1.807, 2.05) is 24.3 Å². The Morgan fingerprint density at radius 3 is 2.57 bits per heavy atom. The van der Waals surface area contributed by atoms with Crippen LogP contribution >= 0.6 is 0 Å². The maximum Gasteiger partial charge on any atom is 0.393 e. The van der Waals surface area contributed by atoms with Gasteiger partial charge in [-0.05, 0) is 42.9 Å². The molecule has 2 aliphatic rings. The molecule has 1 aliphatic carbocycles. The van der Waals surface area contributed by atoms with Gasteiger partial charge in [-0.2, -0.15) is 13.2 Å². The maximum atomic E-state index is 12.9. The fraction of sp³-hybridized carbons (Fsp3) is 0.588. The first-order chi connectivity index (χ1) is 10.9. The van der Waals surface area contributed by atoms with E-state index in [0.29, 0.717) is 13.0 Å². The lowest BCUT2D eigenvalue weighted by Crippen LogP contribution is -2.45. The topological polar surface area (TPSA) is 29.5 Å². The molecule has 3 rings (SSSR count). The predicted molar refractivity (Wildman–Crippen MR) is 79.2 cm³/mol. The Kier molecular flexibility index (Phi) is 4.25. The van der Waals surface area contributed by atoms with Gasteiger partial charge in [0, 0.05) is 19.0 Å². The highest BCUT2D eigenvalue weighted by Crippen LogP contribution is 2.49.